The van der Waals surface area contributed by atoms with Crippen LogP contribution in [0.4, 0.5) is 0 Å². The monoisotopic (exact) mass is 229 g/mol. The second kappa shape index (κ2) is 5.22. The SMILES string of the molecule is c1ccc(C2CCC(NC3CCC3)CC2)cc1. The smallest absolute Gasteiger partial charge is 0.00700 e. The van der Waals surface area contributed by atoms with Gasteiger partial charge in [0.25, 0.3) is 0 Å². The number of rotatable bonds is 3. The van der Waals surface area contributed by atoms with Crippen LogP contribution in [0.5, 0.6) is 0 Å². The Morgan fingerprint density at radius 2 is 1.41 bits per heavy atom. The summed E-state index contributed by atoms with van der Waals surface area (Å²) in [6.45, 7) is 0. The van der Waals surface area contributed by atoms with E-state index in [9.17, 15) is 0 Å². The van der Waals surface area contributed by atoms with Crippen LogP contribution in [-0.4, -0.2) is 12.1 Å². The molecule has 0 atom stereocenters. The summed E-state index contributed by atoms with van der Waals surface area (Å²) >= 11 is 0. The fraction of sp³-hybridized carbons (Fsp3) is 0.625. The molecule has 1 aromatic rings. The Bertz CT molecular complexity index is 334. The van der Waals surface area contributed by atoms with Crippen molar-refractivity contribution in [2.75, 3.05) is 0 Å². The van der Waals surface area contributed by atoms with Gasteiger partial charge in [0.15, 0.2) is 0 Å². The van der Waals surface area contributed by atoms with Crippen molar-refractivity contribution in [2.45, 2.75) is 62.9 Å². The number of hydrogen-bond donors (Lipinski definition) is 1. The molecule has 0 amide bonds. The molecule has 0 aromatic heterocycles. The van der Waals surface area contributed by atoms with Crippen molar-refractivity contribution in [2.24, 2.45) is 0 Å². The van der Waals surface area contributed by atoms with Crippen molar-refractivity contribution in [3.8, 4) is 0 Å². The molecule has 2 aliphatic rings. The summed E-state index contributed by atoms with van der Waals surface area (Å²) in [7, 11) is 0. The maximum Gasteiger partial charge on any atom is 0.00700 e. The first-order valence-corrected chi connectivity index (χ1v) is 7.23. The van der Waals surface area contributed by atoms with E-state index in [0.717, 1.165) is 18.0 Å². The molecule has 2 fully saturated rings. The molecule has 92 valence electrons. The molecule has 17 heavy (non-hydrogen) atoms. The van der Waals surface area contributed by atoms with E-state index >= 15 is 0 Å². The highest BCUT2D eigenvalue weighted by Gasteiger charge is 2.25. The van der Waals surface area contributed by atoms with Gasteiger partial charge >= 0.3 is 0 Å². The molecule has 2 saturated carbocycles. The molecule has 0 saturated heterocycles. The van der Waals surface area contributed by atoms with E-state index in [1.165, 1.54) is 44.9 Å². The minimum atomic E-state index is 0.806. The summed E-state index contributed by atoms with van der Waals surface area (Å²) < 4.78 is 0. The van der Waals surface area contributed by atoms with Crippen LogP contribution in [0.1, 0.15) is 56.4 Å². The van der Waals surface area contributed by atoms with E-state index < -0.39 is 0 Å². The summed E-state index contributed by atoms with van der Waals surface area (Å²) in [5.74, 6) is 0.815. The van der Waals surface area contributed by atoms with Crippen LogP contribution in [-0.2, 0) is 0 Å². The van der Waals surface area contributed by atoms with Crippen LogP contribution in [0, 0.1) is 0 Å². The highest BCUT2D eigenvalue weighted by Crippen LogP contribution is 2.33. The van der Waals surface area contributed by atoms with Gasteiger partial charge in [0.1, 0.15) is 0 Å². The summed E-state index contributed by atoms with van der Waals surface area (Å²) in [5, 5.41) is 3.83. The lowest BCUT2D eigenvalue weighted by Gasteiger charge is -2.35. The normalized spacial score (nSPS) is 29.9. The Morgan fingerprint density at radius 3 is 2.00 bits per heavy atom. The molecule has 2 aliphatic carbocycles. The third-order valence-electron chi connectivity index (χ3n) is 4.57. The van der Waals surface area contributed by atoms with E-state index in [1.54, 1.807) is 5.56 Å². The number of nitrogens with one attached hydrogen (secondary N) is 1. The van der Waals surface area contributed by atoms with Crippen molar-refractivity contribution < 1.29 is 0 Å². The number of hydrogen-bond acceptors (Lipinski definition) is 1. The minimum absolute atomic E-state index is 0.806. The summed E-state index contributed by atoms with van der Waals surface area (Å²) in [5.41, 5.74) is 1.55. The quantitative estimate of drug-likeness (QED) is 0.830. The molecule has 3 rings (SSSR count). The van der Waals surface area contributed by atoms with Crippen LogP contribution in [0.2, 0.25) is 0 Å². The molecule has 0 radical (unpaired) electrons. The highest BCUT2D eigenvalue weighted by molar-refractivity contribution is 5.20. The molecule has 0 aliphatic heterocycles. The topological polar surface area (TPSA) is 12.0 Å². The second-order valence-corrected chi connectivity index (χ2v) is 5.75. The molecule has 0 spiro atoms. The lowest BCUT2D eigenvalue weighted by Crippen LogP contribution is -2.43. The first-order chi connectivity index (χ1) is 8.42. The first-order valence-electron chi connectivity index (χ1n) is 7.23. The zero-order chi connectivity index (χ0) is 11.5. The second-order valence-electron chi connectivity index (χ2n) is 5.75. The molecule has 1 heteroatoms. The average molecular weight is 229 g/mol. The summed E-state index contributed by atoms with van der Waals surface area (Å²) in [6.07, 6.45) is 9.75. The molecule has 0 bridgehead atoms. The van der Waals surface area contributed by atoms with Crippen molar-refractivity contribution >= 4 is 0 Å². The zero-order valence-electron chi connectivity index (χ0n) is 10.6. The Hall–Kier alpha value is -0.820. The molecule has 0 unspecified atom stereocenters. The van der Waals surface area contributed by atoms with Gasteiger partial charge in [0.2, 0.25) is 0 Å². The van der Waals surface area contributed by atoms with Crippen LogP contribution >= 0.6 is 0 Å². The van der Waals surface area contributed by atoms with E-state index in [0.29, 0.717) is 0 Å². The maximum absolute atomic E-state index is 3.83. The summed E-state index contributed by atoms with van der Waals surface area (Å²) in [6, 6.07) is 12.7. The van der Waals surface area contributed by atoms with E-state index in [-0.39, 0.29) is 0 Å². The van der Waals surface area contributed by atoms with Crippen LogP contribution in [0.15, 0.2) is 30.3 Å². The van der Waals surface area contributed by atoms with Crippen molar-refractivity contribution in [3.63, 3.8) is 0 Å². The van der Waals surface area contributed by atoms with Gasteiger partial charge in [-0.1, -0.05) is 36.8 Å². The van der Waals surface area contributed by atoms with E-state index in [2.05, 4.69) is 35.6 Å². The van der Waals surface area contributed by atoms with Crippen molar-refractivity contribution in [3.05, 3.63) is 35.9 Å². The van der Waals surface area contributed by atoms with Gasteiger partial charge < -0.3 is 5.32 Å². The average Bonchev–Trinajstić information content (AvgIpc) is 2.36. The first kappa shape index (κ1) is 11.3. The third kappa shape index (κ3) is 2.71. The minimum Gasteiger partial charge on any atom is -0.311 e. The Labute approximate surface area is 105 Å². The maximum atomic E-state index is 3.83. The van der Waals surface area contributed by atoms with Gasteiger partial charge in [-0.2, -0.15) is 0 Å². The largest absolute Gasteiger partial charge is 0.311 e. The Kier molecular flexibility index (Phi) is 3.46. The van der Waals surface area contributed by atoms with Crippen molar-refractivity contribution in [1.29, 1.82) is 0 Å². The van der Waals surface area contributed by atoms with Gasteiger partial charge in [0.05, 0.1) is 0 Å². The molecular weight excluding hydrogens is 206 g/mol. The van der Waals surface area contributed by atoms with Gasteiger partial charge in [-0.05, 0) is 50.0 Å². The summed E-state index contributed by atoms with van der Waals surface area (Å²) in [4.78, 5) is 0. The Balaban J connectivity index is 1.50. The van der Waals surface area contributed by atoms with E-state index in [1.807, 2.05) is 0 Å². The molecule has 1 nitrogen and oxygen atoms in total. The van der Waals surface area contributed by atoms with Crippen LogP contribution in [0.25, 0.3) is 0 Å². The van der Waals surface area contributed by atoms with E-state index in [4.69, 9.17) is 0 Å². The lowest BCUT2D eigenvalue weighted by molar-refractivity contribution is 0.256. The van der Waals surface area contributed by atoms with Gasteiger partial charge in [-0.15, -0.1) is 0 Å². The highest BCUT2D eigenvalue weighted by atomic mass is 15.0. The predicted octanol–water partition coefficient (Wildman–Crippen LogP) is 3.85. The van der Waals surface area contributed by atoms with Gasteiger partial charge in [-0.25, -0.2) is 0 Å². The molecule has 1 N–H and O–H groups in total. The van der Waals surface area contributed by atoms with Gasteiger partial charge in [0, 0.05) is 12.1 Å². The zero-order valence-corrected chi connectivity index (χ0v) is 10.6. The fourth-order valence-electron chi connectivity index (χ4n) is 3.23. The molecular formula is C16H23N. The van der Waals surface area contributed by atoms with Crippen LogP contribution < -0.4 is 5.32 Å². The van der Waals surface area contributed by atoms with Crippen LogP contribution in [0.3, 0.4) is 0 Å². The molecule has 0 heterocycles. The molecule has 1 aromatic carbocycles. The lowest BCUT2D eigenvalue weighted by atomic mass is 9.81. The fourth-order valence-corrected chi connectivity index (χ4v) is 3.23. The van der Waals surface area contributed by atoms with Gasteiger partial charge in [-0.3, -0.25) is 0 Å². The predicted molar refractivity (Wildman–Crippen MR) is 72.2 cm³/mol. The third-order valence-corrected chi connectivity index (χ3v) is 4.57. The Morgan fingerprint density at radius 1 is 0.765 bits per heavy atom. The van der Waals surface area contributed by atoms with Crippen molar-refractivity contribution in [1.82, 2.24) is 5.32 Å². The number of benzene rings is 1. The standard InChI is InChI=1S/C16H23N/c1-2-5-13(6-3-1)14-9-11-16(12-10-14)17-15-7-4-8-15/h1-3,5-6,14-17H,4,7-12H2.